The number of esters is 1. The predicted octanol–water partition coefficient (Wildman–Crippen LogP) is 4.04. The number of para-hydroxylation sites is 1. The summed E-state index contributed by atoms with van der Waals surface area (Å²) >= 11 is 0. The maximum atomic E-state index is 11.9. The van der Waals surface area contributed by atoms with Crippen LogP contribution in [0.3, 0.4) is 0 Å². The van der Waals surface area contributed by atoms with E-state index in [1.165, 1.54) is 11.1 Å². The second-order valence-corrected chi connectivity index (χ2v) is 4.79. The molecule has 0 aromatic heterocycles. The Labute approximate surface area is 126 Å². The lowest BCUT2D eigenvalue weighted by Crippen LogP contribution is -2.09. The zero-order chi connectivity index (χ0) is 15.1. The first kappa shape index (κ1) is 15.1. The Bertz CT molecular complexity index is 590. The highest BCUT2D eigenvalue weighted by Gasteiger charge is 2.11. The molecule has 0 unspecified atom stereocenters. The minimum atomic E-state index is -0.290. The van der Waals surface area contributed by atoms with E-state index < -0.39 is 0 Å². The van der Waals surface area contributed by atoms with Gasteiger partial charge in [-0.1, -0.05) is 43.3 Å². The number of anilines is 1. The van der Waals surface area contributed by atoms with E-state index in [1.807, 2.05) is 25.1 Å². The van der Waals surface area contributed by atoms with Crippen LogP contribution in [0.2, 0.25) is 0 Å². The molecular weight excluding hydrogens is 262 g/mol. The summed E-state index contributed by atoms with van der Waals surface area (Å²) in [6.45, 7) is 5.01. The summed E-state index contributed by atoms with van der Waals surface area (Å²) in [6, 6.07) is 15.9. The molecule has 0 aliphatic carbocycles. The van der Waals surface area contributed by atoms with Gasteiger partial charge in [0.05, 0.1) is 12.2 Å². The van der Waals surface area contributed by atoms with E-state index in [0.29, 0.717) is 18.7 Å². The molecule has 0 bridgehead atoms. The summed E-state index contributed by atoms with van der Waals surface area (Å²) in [5.41, 5.74) is 3.89. The third kappa shape index (κ3) is 4.09. The zero-order valence-electron chi connectivity index (χ0n) is 12.6. The standard InChI is InChI=1S/C18H21NO2/c1-3-14-9-11-15(12-10-14)13-19-17-8-6-5-7-16(17)18(20)21-4-2/h5-12,19H,3-4,13H2,1-2H3. The van der Waals surface area contributed by atoms with Gasteiger partial charge < -0.3 is 10.1 Å². The molecule has 2 aromatic carbocycles. The van der Waals surface area contributed by atoms with Gasteiger partial charge in [0.25, 0.3) is 0 Å². The van der Waals surface area contributed by atoms with Crippen molar-refractivity contribution in [1.82, 2.24) is 0 Å². The number of carbonyl (C=O) groups excluding carboxylic acids is 1. The van der Waals surface area contributed by atoms with E-state index in [2.05, 4.69) is 36.5 Å². The lowest BCUT2D eigenvalue weighted by atomic mass is 10.1. The van der Waals surface area contributed by atoms with Crippen LogP contribution in [-0.4, -0.2) is 12.6 Å². The smallest absolute Gasteiger partial charge is 0.340 e. The second kappa shape index (κ2) is 7.48. The monoisotopic (exact) mass is 283 g/mol. The molecule has 0 heterocycles. The van der Waals surface area contributed by atoms with Gasteiger partial charge in [0.2, 0.25) is 0 Å². The minimum absolute atomic E-state index is 0.290. The summed E-state index contributed by atoms with van der Waals surface area (Å²) in [7, 11) is 0. The van der Waals surface area contributed by atoms with Crippen LogP contribution in [0.4, 0.5) is 5.69 Å². The quantitative estimate of drug-likeness (QED) is 0.813. The fourth-order valence-electron chi connectivity index (χ4n) is 2.11. The minimum Gasteiger partial charge on any atom is -0.462 e. The van der Waals surface area contributed by atoms with Crippen molar-refractivity contribution in [3.8, 4) is 0 Å². The average Bonchev–Trinajstić information content (AvgIpc) is 2.54. The topological polar surface area (TPSA) is 38.3 Å². The molecule has 3 nitrogen and oxygen atoms in total. The van der Waals surface area contributed by atoms with Crippen LogP contribution in [-0.2, 0) is 17.7 Å². The molecule has 0 aliphatic rings. The van der Waals surface area contributed by atoms with E-state index in [0.717, 1.165) is 12.1 Å². The van der Waals surface area contributed by atoms with E-state index in [1.54, 1.807) is 6.07 Å². The lowest BCUT2D eigenvalue weighted by Gasteiger charge is -2.11. The zero-order valence-corrected chi connectivity index (χ0v) is 12.6. The first-order valence-corrected chi connectivity index (χ1v) is 7.32. The molecule has 0 amide bonds. The number of nitrogens with one attached hydrogen (secondary N) is 1. The highest BCUT2D eigenvalue weighted by atomic mass is 16.5. The first-order valence-electron chi connectivity index (χ1n) is 7.32. The third-order valence-electron chi connectivity index (χ3n) is 3.34. The maximum absolute atomic E-state index is 11.9. The number of ether oxygens (including phenoxy) is 1. The van der Waals surface area contributed by atoms with Crippen molar-refractivity contribution in [2.24, 2.45) is 0 Å². The van der Waals surface area contributed by atoms with Gasteiger partial charge in [-0.15, -0.1) is 0 Å². The van der Waals surface area contributed by atoms with Gasteiger partial charge in [0.1, 0.15) is 0 Å². The van der Waals surface area contributed by atoms with Gasteiger partial charge in [0, 0.05) is 12.2 Å². The number of rotatable bonds is 6. The Hall–Kier alpha value is -2.29. The van der Waals surface area contributed by atoms with Crippen LogP contribution in [0.25, 0.3) is 0 Å². The molecule has 2 aromatic rings. The van der Waals surface area contributed by atoms with Crippen LogP contribution in [0.15, 0.2) is 48.5 Å². The Morgan fingerprint density at radius 2 is 1.67 bits per heavy atom. The fraction of sp³-hybridized carbons (Fsp3) is 0.278. The molecule has 2 rings (SSSR count). The van der Waals surface area contributed by atoms with Crippen molar-refractivity contribution >= 4 is 11.7 Å². The normalized spacial score (nSPS) is 10.2. The molecule has 0 saturated carbocycles. The van der Waals surface area contributed by atoms with Gasteiger partial charge in [-0.3, -0.25) is 0 Å². The van der Waals surface area contributed by atoms with Crippen LogP contribution < -0.4 is 5.32 Å². The van der Waals surface area contributed by atoms with Crippen molar-refractivity contribution in [3.05, 3.63) is 65.2 Å². The van der Waals surface area contributed by atoms with Gasteiger partial charge in [0.15, 0.2) is 0 Å². The van der Waals surface area contributed by atoms with Crippen LogP contribution in [0, 0.1) is 0 Å². The Kier molecular flexibility index (Phi) is 5.38. The summed E-state index contributed by atoms with van der Waals surface area (Å²) in [4.78, 5) is 11.9. The Balaban J connectivity index is 2.07. The van der Waals surface area contributed by atoms with Crippen molar-refractivity contribution in [3.63, 3.8) is 0 Å². The molecule has 110 valence electrons. The van der Waals surface area contributed by atoms with Crippen molar-refractivity contribution in [2.45, 2.75) is 26.8 Å². The van der Waals surface area contributed by atoms with E-state index in [-0.39, 0.29) is 5.97 Å². The van der Waals surface area contributed by atoms with Crippen LogP contribution in [0.5, 0.6) is 0 Å². The summed E-state index contributed by atoms with van der Waals surface area (Å²) in [6.07, 6.45) is 1.04. The van der Waals surface area contributed by atoms with Gasteiger partial charge in [-0.05, 0) is 36.6 Å². The van der Waals surface area contributed by atoms with E-state index >= 15 is 0 Å². The largest absolute Gasteiger partial charge is 0.462 e. The highest BCUT2D eigenvalue weighted by Crippen LogP contribution is 2.17. The maximum Gasteiger partial charge on any atom is 0.340 e. The second-order valence-electron chi connectivity index (χ2n) is 4.79. The SMILES string of the molecule is CCOC(=O)c1ccccc1NCc1ccc(CC)cc1. The fourth-order valence-corrected chi connectivity index (χ4v) is 2.11. The molecule has 0 saturated heterocycles. The predicted molar refractivity (Wildman–Crippen MR) is 85.5 cm³/mol. The average molecular weight is 283 g/mol. The molecule has 0 atom stereocenters. The van der Waals surface area contributed by atoms with Crippen LogP contribution in [0.1, 0.15) is 35.3 Å². The number of carbonyl (C=O) groups is 1. The van der Waals surface area contributed by atoms with E-state index in [4.69, 9.17) is 4.74 Å². The van der Waals surface area contributed by atoms with Crippen molar-refractivity contribution < 1.29 is 9.53 Å². The molecule has 21 heavy (non-hydrogen) atoms. The molecule has 0 radical (unpaired) electrons. The molecule has 3 heteroatoms. The lowest BCUT2D eigenvalue weighted by molar-refractivity contribution is 0.0527. The van der Waals surface area contributed by atoms with Crippen molar-refractivity contribution in [1.29, 1.82) is 0 Å². The number of aryl methyl sites for hydroxylation is 1. The van der Waals surface area contributed by atoms with Gasteiger partial charge in [-0.2, -0.15) is 0 Å². The van der Waals surface area contributed by atoms with Gasteiger partial charge in [-0.25, -0.2) is 4.79 Å². The number of hydrogen-bond donors (Lipinski definition) is 1. The first-order chi connectivity index (χ1) is 10.2. The number of benzene rings is 2. The van der Waals surface area contributed by atoms with Gasteiger partial charge >= 0.3 is 5.97 Å². The molecule has 0 spiro atoms. The Morgan fingerprint density at radius 1 is 1.00 bits per heavy atom. The molecule has 0 aliphatic heterocycles. The van der Waals surface area contributed by atoms with Crippen LogP contribution >= 0.6 is 0 Å². The molecular formula is C18H21NO2. The third-order valence-corrected chi connectivity index (χ3v) is 3.34. The summed E-state index contributed by atoms with van der Waals surface area (Å²) in [5.74, 6) is -0.290. The molecule has 1 N–H and O–H groups in total. The van der Waals surface area contributed by atoms with Crippen molar-refractivity contribution in [2.75, 3.05) is 11.9 Å². The summed E-state index contributed by atoms with van der Waals surface area (Å²) < 4.78 is 5.07. The highest BCUT2D eigenvalue weighted by molar-refractivity contribution is 5.95. The number of hydrogen-bond acceptors (Lipinski definition) is 3. The summed E-state index contributed by atoms with van der Waals surface area (Å²) in [5, 5.41) is 3.31. The van der Waals surface area contributed by atoms with E-state index in [9.17, 15) is 4.79 Å². The molecule has 0 fully saturated rings. The Morgan fingerprint density at radius 3 is 2.33 bits per heavy atom.